The van der Waals surface area contributed by atoms with E-state index in [-0.39, 0.29) is 23.6 Å². The largest absolute Gasteiger partial charge is 0.478 e. The van der Waals surface area contributed by atoms with Crippen molar-refractivity contribution in [1.29, 1.82) is 0 Å². The molecule has 1 aromatic rings. The van der Waals surface area contributed by atoms with Crippen molar-refractivity contribution in [2.45, 2.75) is 12.0 Å². The summed E-state index contributed by atoms with van der Waals surface area (Å²) >= 11 is 0. The molecule has 0 saturated heterocycles. The molecular weight excluding hydrogens is 300 g/mol. The zero-order valence-corrected chi connectivity index (χ0v) is 11.3. The van der Waals surface area contributed by atoms with Gasteiger partial charge in [0.1, 0.15) is 12.4 Å². The number of carboxylic acids is 1. The molecule has 118 valence electrons. The van der Waals surface area contributed by atoms with Gasteiger partial charge in [0.05, 0.1) is 17.7 Å². The van der Waals surface area contributed by atoms with Crippen LogP contribution in [0.4, 0.5) is 8.78 Å². The van der Waals surface area contributed by atoms with Crippen molar-refractivity contribution in [3.05, 3.63) is 34.9 Å². The molecule has 0 saturated carbocycles. The van der Waals surface area contributed by atoms with Crippen LogP contribution in [-0.2, 0) is 10.3 Å². The molecule has 0 radical (unpaired) electrons. The van der Waals surface area contributed by atoms with Gasteiger partial charge in [-0.25, -0.2) is 13.6 Å². The summed E-state index contributed by atoms with van der Waals surface area (Å²) < 4.78 is 32.3. The monoisotopic (exact) mass is 313 g/mol. The quantitative estimate of drug-likeness (QED) is 0.738. The topological polar surface area (TPSA) is 128 Å². The number of carbonyl (C=O) groups excluding carboxylic acids is 1. The van der Waals surface area contributed by atoms with Crippen LogP contribution in [0.5, 0.6) is 0 Å². The Morgan fingerprint density at radius 2 is 2.09 bits per heavy atom. The molecule has 1 unspecified atom stereocenters. The van der Waals surface area contributed by atoms with E-state index in [0.29, 0.717) is 0 Å². The minimum atomic E-state index is -3.09. The van der Waals surface area contributed by atoms with E-state index in [9.17, 15) is 23.5 Å². The van der Waals surface area contributed by atoms with Crippen LogP contribution in [0.25, 0.3) is 0 Å². The number of benzene rings is 1. The molecule has 1 atom stereocenters. The standard InChI is InChI=1S/C13H13F2N3O4/c14-12(15)13(5-22-4-8(16)18-13)7-3-1-2-6(10(17)19)9(7)11(20)21/h1-3,12H,4-5H2,(H2,16,18)(H2,17,19)(H,20,21). The van der Waals surface area contributed by atoms with Gasteiger partial charge in [-0.3, -0.25) is 9.79 Å². The number of amidine groups is 1. The van der Waals surface area contributed by atoms with E-state index < -0.39 is 36.0 Å². The predicted octanol–water partition coefficient (Wildman–Crippen LogP) is 0.332. The number of alkyl halides is 2. The SMILES string of the molecule is NC(=O)c1cccc(C2(C(F)F)COCC(N)=N2)c1C(=O)O. The number of ether oxygens (including phenoxy) is 1. The molecule has 1 aromatic carbocycles. The summed E-state index contributed by atoms with van der Waals surface area (Å²) in [6.45, 7) is -0.694. The molecule has 2 rings (SSSR count). The normalized spacial score (nSPS) is 21.5. The van der Waals surface area contributed by atoms with Crippen LogP contribution in [0.15, 0.2) is 23.2 Å². The van der Waals surface area contributed by atoms with Gasteiger partial charge in [0.15, 0.2) is 5.54 Å². The first-order valence-corrected chi connectivity index (χ1v) is 6.16. The Balaban J connectivity index is 2.79. The molecule has 1 heterocycles. The molecule has 5 N–H and O–H groups in total. The average Bonchev–Trinajstić information content (AvgIpc) is 2.45. The van der Waals surface area contributed by atoms with Gasteiger partial charge in [-0.2, -0.15) is 0 Å². The highest BCUT2D eigenvalue weighted by Crippen LogP contribution is 2.38. The van der Waals surface area contributed by atoms with Crippen LogP contribution in [0, 0.1) is 0 Å². The number of rotatable bonds is 4. The average molecular weight is 313 g/mol. The number of hydrogen-bond acceptors (Lipinski definition) is 5. The van der Waals surface area contributed by atoms with E-state index >= 15 is 0 Å². The lowest BCUT2D eigenvalue weighted by Crippen LogP contribution is -2.46. The maximum atomic E-state index is 13.7. The molecule has 0 bridgehead atoms. The van der Waals surface area contributed by atoms with Crippen molar-refractivity contribution in [3.63, 3.8) is 0 Å². The minimum Gasteiger partial charge on any atom is -0.478 e. The Labute approximate surface area is 123 Å². The number of amides is 1. The molecule has 7 nitrogen and oxygen atoms in total. The minimum absolute atomic E-state index is 0.133. The zero-order chi connectivity index (χ0) is 16.5. The van der Waals surface area contributed by atoms with Crippen LogP contribution < -0.4 is 11.5 Å². The highest BCUT2D eigenvalue weighted by molar-refractivity contribution is 6.05. The number of hydrogen-bond donors (Lipinski definition) is 3. The lowest BCUT2D eigenvalue weighted by atomic mass is 9.85. The van der Waals surface area contributed by atoms with Crippen LogP contribution in [0.1, 0.15) is 26.3 Å². The van der Waals surface area contributed by atoms with Gasteiger partial charge in [-0.15, -0.1) is 0 Å². The second-order valence-corrected chi connectivity index (χ2v) is 4.72. The fourth-order valence-corrected chi connectivity index (χ4v) is 2.35. The summed E-state index contributed by atoms with van der Waals surface area (Å²) in [4.78, 5) is 26.6. The Kier molecular flexibility index (Phi) is 4.09. The number of halogens is 2. The third-order valence-corrected chi connectivity index (χ3v) is 3.29. The molecular formula is C13H13F2N3O4. The molecule has 0 aliphatic carbocycles. The third kappa shape index (κ3) is 2.50. The van der Waals surface area contributed by atoms with Crippen LogP contribution in [-0.4, -0.2) is 42.5 Å². The van der Waals surface area contributed by atoms with E-state index in [1.807, 2.05) is 0 Å². The van der Waals surface area contributed by atoms with Crippen molar-refractivity contribution in [2.75, 3.05) is 13.2 Å². The fourth-order valence-electron chi connectivity index (χ4n) is 2.35. The maximum absolute atomic E-state index is 13.7. The van der Waals surface area contributed by atoms with E-state index in [4.69, 9.17) is 16.2 Å². The second-order valence-electron chi connectivity index (χ2n) is 4.72. The number of primary amides is 1. The molecule has 0 fully saturated rings. The first kappa shape index (κ1) is 15.8. The molecule has 0 spiro atoms. The second kappa shape index (κ2) is 5.68. The van der Waals surface area contributed by atoms with Gasteiger partial charge in [0, 0.05) is 5.56 Å². The molecule has 22 heavy (non-hydrogen) atoms. The number of nitrogens with two attached hydrogens (primary N) is 2. The summed E-state index contributed by atoms with van der Waals surface area (Å²) in [7, 11) is 0. The van der Waals surface area contributed by atoms with Gasteiger partial charge in [0.25, 0.3) is 6.43 Å². The van der Waals surface area contributed by atoms with Gasteiger partial charge in [-0.05, 0) is 6.07 Å². The van der Waals surface area contributed by atoms with Crippen LogP contribution in [0.2, 0.25) is 0 Å². The molecule has 0 aromatic heterocycles. The van der Waals surface area contributed by atoms with E-state index in [1.165, 1.54) is 6.07 Å². The number of nitrogens with zero attached hydrogens (tertiary/aromatic N) is 1. The Hall–Kier alpha value is -2.55. The van der Waals surface area contributed by atoms with Gasteiger partial charge in [0.2, 0.25) is 5.91 Å². The summed E-state index contributed by atoms with van der Waals surface area (Å²) in [5.74, 6) is -2.80. The maximum Gasteiger partial charge on any atom is 0.336 e. The zero-order valence-electron chi connectivity index (χ0n) is 11.3. The van der Waals surface area contributed by atoms with Crippen LogP contribution in [0.3, 0.4) is 0 Å². The van der Waals surface area contributed by atoms with Gasteiger partial charge >= 0.3 is 5.97 Å². The first-order valence-electron chi connectivity index (χ1n) is 6.16. The van der Waals surface area contributed by atoms with Gasteiger partial charge < -0.3 is 21.3 Å². The van der Waals surface area contributed by atoms with Crippen LogP contribution >= 0.6 is 0 Å². The Morgan fingerprint density at radius 1 is 1.41 bits per heavy atom. The molecule has 1 amide bonds. The highest BCUT2D eigenvalue weighted by Gasteiger charge is 2.47. The van der Waals surface area contributed by atoms with E-state index in [2.05, 4.69) is 4.99 Å². The summed E-state index contributed by atoms with van der Waals surface area (Å²) in [6, 6.07) is 3.55. The molecule has 1 aliphatic rings. The van der Waals surface area contributed by atoms with Crippen molar-refractivity contribution < 1.29 is 28.2 Å². The van der Waals surface area contributed by atoms with Crippen molar-refractivity contribution >= 4 is 17.7 Å². The number of carbonyl (C=O) groups is 2. The fraction of sp³-hybridized carbons (Fsp3) is 0.308. The van der Waals surface area contributed by atoms with Crippen molar-refractivity contribution in [2.24, 2.45) is 16.5 Å². The number of aromatic carboxylic acids is 1. The number of carboxylic acid groups (broad SMARTS) is 1. The first-order chi connectivity index (χ1) is 10.3. The predicted molar refractivity (Wildman–Crippen MR) is 72.0 cm³/mol. The van der Waals surface area contributed by atoms with E-state index in [1.54, 1.807) is 0 Å². The Morgan fingerprint density at radius 3 is 2.59 bits per heavy atom. The van der Waals surface area contributed by atoms with E-state index in [0.717, 1.165) is 12.1 Å². The third-order valence-electron chi connectivity index (χ3n) is 3.29. The summed E-state index contributed by atoms with van der Waals surface area (Å²) in [6.07, 6.45) is -3.09. The highest BCUT2D eigenvalue weighted by atomic mass is 19.3. The van der Waals surface area contributed by atoms with Crippen molar-refractivity contribution in [1.82, 2.24) is 0 Å². The Bertz CT molecular complexity index is 663. The summed E-state index contributed by atoms with van der Waals surface area (Å²) in [5.41, 5.74) is 6.91. The lowest BCUT2D eigenvalue weighted by molar-refractivity contribution is -0.0134. The smallest absolute Gasteiger partial charge is 0.336 e. The molecule has 9 heteroatoms. The molecule has 1 aliphatic heterocycles. The number of aliphatic imine (C=N–C) groups is 1. The van der Waals surface area contributed by atoms with Gasteiger partial charge in [-0.1, -0.05) is 12.1 Å². The van der Waals surface area contributed by atoms with Crippen molar-refractivity contribution in [3.8, 4) is 0 Å². The summed E-state index contributed by atoms with van der Waals surface area (Å²) in [5, 5.41) is 9.31. The lowest BCUT2D eigenvalue weighted by Gasteiger charge is -2.34.